The standard InChI is InChI=1S/C21H24N2O/c1-3-7-18(8-4-1)16-24-22-21(19-9-5-2-6-10-19)20-15-17-11-13-23(20)14-12-17/h1-10,17,20H,11-16H2/b22-21-. The van der Waals surface area contributed by atoms with E-state index in [1.165, 1.54) is 37.9 Å². The number of piperidine rings is 3. The minimum atomic E-state index is 0.399. The molecule has 0 aromatic heterocycles. The lowest BCUT2D eigenvalue weighted by molar-refractivity contribution is 0.0762. The van der Waals surface area contributed by atoms with E-state index in [4.69, 9.17) is 4.84 Å². The molecule has 3 fully saturated rings. The minimum absolute atomic E-state index is 0.399. The Morgan fingerprint density at radius 3 is 2.25 bits per heavy atom. The Labute approximate surface area is 143 Å². The molecule has 3 heterocycles. The highest BCUT2D eigenvalue weighted by Gasteiger charge is 2.37. The van der Waals surface area contributed by atoms with Crippen molar-refractivity contribution < 1.29 is 4.84 Å². The van der Waals surface area contributed by atoms with Crippen molar-refractivity contribution >= 4 is 5.71 Å². The molecule has 0 saturated carbocycles. The predicted octanol–water partition coefficient (Wildman–Crippen LogP) is 4.09. The molecule has 3 aliphatic rings. The fourth-order valence-electron chi connectivity index (χ4n) is 3.92. The number of nitrogens with zero attached hydrogens (tertiary/aromatic N) is 2. The second-order valence-corrected chi connectivity index (χ2v) is 6.83. The molecule has 0 amide bonds. The van der Waals surface area contributed by atoms with Crippen LogP contribution in [0, 0.1) is 5.92 Å². The smallest absolute Gasteiger partial charge is 0.142 e. The van der Waals surface area contributed by atoms with Gasteiger partial charge in [0.15, 0.2) is 0 Å². The molecule has 124 valence electrons. The molecule has 0 spiro atoms. The van der Waals surface area contributed by atoms with Crippen LogP contribution < -0.4 is 0 Å². The summed E-state index contributed by atoms with van der Waals surface area (Å²) in [5.74, 6) is 0.850. The number of fused-ring (bicyclic) bond motifs is 3. The molecule has 2 aromatic rings. The summed E-state index contributed by atoms with van der Waals surface area (Å²) in [6.07, 6.45) is 3.88. The monoisotopic (exact) mass is 320 g/mol. The molecular formula is C21H24N2O. The summed E-state index contributed by atoms with van der Waals surface area (Å²) in [5, 5.41) is 4.61. The average Bonchev–Trinajstić information content (AvgIpc) is 2.68. The summed E-state index contributed by atoms with van der Waals surface area (Å²) in [7, 11) is 0. The first-order chi connectivity index (χ1) is 11.9. The summed E-state index contributed by atoms with van der Waals surface area (Å²) in [4.78, 5) is 8.34. The Kier molecular flexibility index (Phi) is 4.61. The Morgan fingerprint density at radius 1 is 0.958 bits per heavy atom. The van der Waals surface area contributed by atoms with Crippen LogP contribution in [0.5, 0.6) is 0 Å². The van der Waals surface area contributed by atoms with Crippen LogP contribution in [0.15, 0.2) is 65.8 Å². The Morgan fingerprint density at radius 2 is 1.62 bits per heavy atom. The number of oxime groups is 1. The van der Waals surface area contributed by atoms with Gasteiger partial charge in [-0.05, 0) is 43.8 Å². The average molecular weight is 320 g/mol. The van der Waals surface area contributed by atoms with Crippen LogP contribution >= 0.6 is 0 Å². The van der Waals surface area contributed by atoms with Gasteiger partial charge in [0.25, 0.3) is 0 Å². The lowest BCUT2D eigenvalue weighted by Gasteiger charge is -2.45. The molecule has 2 bridgehead atoms. The molecular weight excluding hydrogens is 296 g/mol. The zero-order valence-electron chi connectivity index (χ0n) is 14.0. The van der Waals surface area contributed by atoms with Crippen LogP contribution in [0.4, 0.5) is 0 Å². The van der Waals surface area contributed by atoms with E-state index in [0.717, 1.165) is 17.2 Å². The molecule has 3 heteroatoms. The summed E-state index contributed by atoms with van der Waals surface area (Å²) < 4.78 is 0. The van der Waals surface area contributed by atoms with Gasteiger partial charge in [-0.1, -0.05) is 65.8 Å². The molecule has 0 radical (unpaired) electrons. The first-order valence-corrected chi connectivity index (χ1v) is 8.93. The van der Waals surface area contributed by atoms with Gasteiger partial charge in [0.2, 0.25) is 0 Å². The Balaban J connectivity index is 1.55. The van der Waals surface area contributed by atoms with E-state index >= 15 is 0 Å². The second kappa shape index (κ2) is 7.18. The van der Waals surface area contributed by atoms with Crippen molar-refractivity contribution in [2.75, 3.05) is 13.1 Å². The Hall–Kier alpha value is -2.13. The zero-order valence-corrected chi connectivity index (χ0v) is 14.0. The topological polar surface area (TPSA) is 24.8 Å². The summed E-state index contributed by atoms with van der Waals surface area (Å²) >= 11 is 0. The number of hydrogen-bond acceptors (Lipinski definition) is 3. The SMILES string of the molecule is c1ccc(CO/N=C(/c2ccccc2)C2CC3CCN2CC3)cc1. The zero-order chi connectivity index (χ0) is 16.2. The van der Waals surface area contributed by atoms with Crippen molar-refractivity contribution in [1.29, 1.82) is 0 Å². The van der Waals surface area contributed by atoms with E-state index < -0.39 is 0 Å². The first-order valence-electron chi connectivity index (χ1n) is 8.93. The fraction of sp³-hybridized carbons (Fsp3) is 0.381. The van der Waals surface area contributed by atoms with Gasteiger partial charge in [-0.2, -0.15) is 0 Å². The van der Waals surface area contributed by atoms with Gasteiger partial charge in [0.05, 0.1) is 6.04 Å². The number of rotatable bonds is 5. The molecule has 3 aliphatic heterocycles. The van der Waals surface area contributed by atoms with Gasteiger partial charge in [0, 0.05) is 5.56 Å². The second-order valence-electron chi connectivity index (χ2n) is 6.83. The molecule has 0 N–H and O–H groups in total. The van der Waals surface area contributed by atoms with Crippen molar-refractivity contribution in [3.63, 3.8) is 0 Å². The normalized spacial score (nSPS) is 26.3. The van der Waals surface area contributed by atoms with Crippen molar-refractivity contribution in [2.45, 2.75) is 31.9 Å². The number of hydrogen-bond donors (Lipinski definition) is 0. The molecule has 5 rings (SSSR count). The Bertz CT molecular complexity index is 675. The van der Waals surface area contributed by atoms with E-state index in [1.807, 2.05) is 18.2 Å². The third-order valence-corrected chi connectivity index (χ3v) is 5.27. The highest BCUT2D eigenvalue weighted by Crippen LogP contribution is 2.33. The minimum Gasteiger partial charge on any atom is -0.391 e. The fourth-order valence-corrected chi connectivity index (χ4v) is 3.92. The van der Waals surface area contributed by atoms with E-state index in [-0.39, 0.29) is 0 Å². The summed E-state index contributed by atoms with van der Waals surface area (Å²) in [5.41, 5.74) is 3.43. The maximum Gasteiger partial charge on any atom is 0.142 e. The summed E-state index contributed by atoms with van der Waals surface area (Å²) in [6.45, 7) is 2.91. The summed E-state index contributed by atoms with van der Waals surface area (Å²) in [6, 6.07) is 21.1. The van der Waals surface area contributed by atoms with Crippen LogP contribution in [-0.2, 0) is 11.4 Å². The van der Waals surface area contributed by atoms with Gasteiger partial charge in [0.1, 0.15) is 12.3 Å². The third-order valence-electron chi connectivity index (χ3n) is 5.27. The van der Waals surface area contributed by atoms with Crippen LogP contribution in [0.3, 0.4) is 0 Å². The molecule has 1 unspecified atom stereocenters. The van der Waals surface area contributed by atoms with Crippen molar-refractivity contribution in [1.82, 2.24) is 4.90 Å². The van der Waals surface area contributed by atoms with E-state index in [2.05, 4.69) is 52.5 Å². The third kappa shape index (κ3) is 3.36. The number of benzene rings is 2. The van der Waals surface area contributed by atoms with Gasteiger partial charge in [-0.15, -0.1) is 0 Å². The molecule has 0 aliphatic carbocycles. The highest BCUT2D eigenvalue weighted by molar-refractivity contribution is 6.04. The van der Waals surface area contributed by atoms with Gasteiger partial charge in [-0.25, -0.2) is 0 Å². The van der Waals surface area contributed by atoms with Crippen LogP contribution in [-0.4, -0.2) is 29.7 Å². The molecule has 2 aromatic carbocycles. The largest absolute Gasteiger partial charge is 0.391 e. The van der Waals surface area contributed by atoms with Crippen LogP contribution in [0.25, 0.3) is 0 Å². The van der Waals surface area contributed by atoms with E-state index in [9.17, 15) is 0 Å². The van der Waals surface area contributed by atoms with Gasteiger partial charge < -0.3 is 4.84 Å². The van der Waals surface area contributed by atoms with Gasteiger partial charge in [-0.3, -0.25) is 4.90 Å². The van der Waals surface area contributed by atoms with Crippen molar-refractivity contribution in [2.24, 2.45) is 11.1 Å². The quantitative estimate of drug-likeness (QED) is 0.612. The van der Waals surface area contributed by atoms with Crippen LogP contribution in [0.1, 0.15) is 30.4 Å². The van der Waals surface area contributed by atoms with E-state index in [0.29, 0.717) is 12.6 Å². The van der Waals surface area contributed by atoms with Crippen molar-refractivity contribution in [3.05, 3.63) is 71.8 Å². The lowest BCUT2D eigenvalue weighted by Crippen LogP contribution is -2.52. The van der Waals surface area contributed by atoms with E-state index in [1.54, 1.807) is 0 Å². The molecule has 24 heavy (non-hydrogen) atoms. The highest BCUT2D eigenvalue weighted by atomic mass is 16.6. The van der Waals surface area contributed by atoms with Gasteiger partial charge >= 0.3 is 0 Å². The molecule has 3 nitrogen and oxygen atoms in total. The predicted molar refractivity (Wildman–Crippen MR) is 96.9 cm³/mol. The first kappa shape index (κ1) is 15.4. The lowest BCUT2D eigenvalue weighted by atomic mass is 9.80. The van der Waals surface area contributed by atoms with Crippen LogP contribution in [0.2, 0.25) is 0 Å². The molecule has 1 atom stereocenters. The maximum absolute atomic E-state index is 5.76. The maximum atomic E-state index is 5.76. The van der Waals surface area contributed by atoms with Crippen molar-refractivity contribution in [3.8, 4) is 0 Å². The molecule has 3 saturated heterocycles.